The zero-order chi connectivity index (χ0) is 11.8. The smallest absolute Gasteiger partial charge is 0.383 e. The highest BCUT2D eigenvalue weighted by atomic mass is 19.4. The molecule has 1 saturated carbocycles. The van der Waals surface area contributed by atoms with Crippen LogP contribution >= 0.6 is 0 Å². The lowest BCUT2D eigenvalue weighted by molar-refractivity contribution is -0.204. The van der Waals surface area contributed by atoms with E-state index in [1.807, 2.05) is 0 Å². The number of hydrogen-bond donors (Lipinski definition) is 1. The fraction of sp³-hybridized carbons (Fsp3) is 0.778. The van der Waals surface area contributed by atoms with Gasteiger partial charge in [0.05, 0.1) is 6.42 Å². The van der Waals surface area contributed by atoms with E-state index in [2.05, 4.69) is 14.7 Å². The third-order valence-corrected chi connectivity index (χ3v) is 2.42. The summed E-state index contributed by atoms with van der Waals surface area (Å²) in [5.41, 5.74) is 0. The lowest BCUT2D eigenvalue weighted by Gasteiger charge is -2.11. The van der Waals surface area contributed by atoms with Crippen molar-refractivity contribution in [3.63, 3.8) is 0 Å². The second-order valence-corrected chi connectivity index (χ2v) is 4.01. The summed E-state index contributed by atoms with van der Waals surface area (Å²) in [5, 5.41) is 12.4. The molecular formula is C9H11F3N2O2. The molecule has 1 aromatic rings. The average molecular weight is 236 g/mol. The first kappa shape index (κ1) is 11.4. The quantitative estimate of drug-likeness (QED) is 0.860. The molecule has 0 aliphatic heterocycles. The lowest BCUT2D eigenvalue weighted by Crippen LogP contribution is -2.30. The Morgan fingerprint density at radius 3 is 2.69 bits per heavy atom. The van der Waals surface area contributed by atoms with E-state index >= 15 is 0 Å². The van der Waals surface area contributed by atoms with E-state index < -0.39 is 18.7 Å². The van der Waals surface area contributed by atoms with Crippen LogP contribution in [0.4, 0.5) is 13.2 Å². The molecule has 1 unspecified atom stereocenters. The van der Waals surface area contributed by atoms with Crippen LogP contribution in [-0.2, 0) is 12.8 Å². The molecule has 1 aliphatic carbocycles. The first-order chi connectivity index (χ1) is 7.45. The normalized spacial score (nSPS) is 18.8. The monoisotopic (exact) mass is 236 g/mol. The number of nitrogens with zero attached hydrogens (tertiary/aromatic N) is 2. The molecule has 16 heavy (non-hydrogen) atoms. The van der Waals surface area contributed by atoms with Crippen molar-refractivity contribution in [3.05, 3.63) is 11.7 Å². The van der Waals surface area contributed by atoms with Gasteiger partial charge in [-0.25, -0.2) is 0 Å². The Balaban J connectivity index is 1.91. The Kier molecular flexibility index (Phi) is 2.88. The topological polar surface area (TPSA) is 59.2 Å². The van der Waals surface area contributed by atoms with Gasteiger partial charge in [0, 0.05) is 6.42 Å². The number of hydrogen-bond acceptors (Lipinski definition) is 4. The Morgan fingerprint density at radius 1 is 1.44 bits per heavy atom. The number of halogens is 3. The van der Waals surface area contributed by atoms with Crippen molar-refractivity contribution in [3.8, 4) is 0 Å². The molecule has 90 valence electrons. The maximum Gasteiger partial charge on any atom is 0.414 e. The van der Waals surface area contributed by atoms with Gasteiger partial charge in [0.25, 0.3) is 0 Å². The maximum atomic E-state index is 12.0. The molecule has 0 spiro atoms. The van der Waals surface area contributed by atoms with E-state index in [0.717, 1.165) is 12.8 Å². The van der Waals surface area contributed by atoms with Crippen molar-refractivity contribution in [2.75, 3.05) is 0 Å². The number of aliphatic hydroxyl groups is 1. The fourth-order valence-electron chi connectivity index (χ4n) is 1.32. The van der Waals surface area contributed by atoms with Gasteiger partial charge in [-0.3, -0.25) is 0 Å². The molecule has 0 radical (unpaired) electrons. The first-order valence-electron chi connectivity index (χ1n) is 5.01. The van der Waals surface area contributed by atoms with Crippen LogP contribution in [0.25, 0.3) is 0 Å². The molecule has 1 aliphatic rings. The minimum absolute atomic E-state index is 0.166. The van der Waals surface area contributed by atoms with Gasteiger partial charge >= 0.3 is 6.18 Å². The van der Waals surface area contributed by atoms with Crippen molar-refractivity contribution in [2.24, 2.45) is 5.92 Å². The van der Waals surface area contributed by atoms with Crippen molar-refractivity contribution in [1.29, 1.82) is 0 Å². The van der Waals surface area contributed by atoms with Crippen LogP contribution in [0.1, 0.15) is 24.6 Å². The molecule has 0 bridgehead atoms. The molecular weight excluding hydrogens is 225 g/mol. The predicted octanol–water partition coefficient (Wildman–Crippen LogP) is 1.49. The van der Waals surface area contributed by atoms with Crippen LogP contribution in [0.15, 0.2) is 4.52 Å². The second-order valence-electron chi connectivity index (χ2n) is 4.01. The molecule has 1 atom stereocenters. The van der Waals surface area contributed by atoms with Gasteiger partial charge < -0.3 is 9.63 Å². The number of alkyl halides is 3. The summed E-state index contributed by atoms with van der Waals surface area (Å²) in [6.07, 6.45) is -4.91. The Bertz CT molecular complexity index is 360. The SMILES string of the molecule is OC(Cc1nc(CC2CC2)no1)C(F)(F)F. The highest BCUT2D eigenvalue weighted by molar-refractivity contribution is 4.93. The molecule has 0 amide bonds. The number of rotatable bonds is 4. The maximum absolute atomic E-state index is 12.0. The summed E-state index contributed by atoms with van der Waals surface area (Å²) in [6.45, 7) is 0. The molecule has 7 heteroatoms. The Labute approximate surface area is 89.5 Å². The lowest BCUT2D eigenvalue weighted by atomic mass is 10.2. The van der Waals surface area contributed by atoms with Crippen LogP contribution < -0.4 is 0 Å². The molecule has 1 aromatic heterocycles. The summed E-state index contributed by atoms with van der Waals surface area (Å²) in [7, 11) is 0. The van der Waals surface area contributed by atoms with E-state index in [1.165, 1.54) is 0 Å². The van der Waals surface area contributed by atoms with Crippen LogP contribution in [0.3, 0.4) is 0 Å². The molecule has 1 heterocycles. The van der Waals surface area contributed by atoms with Gasteiger partial charge in [-0.2, -0.15) is 18.2 Å². The highest BCUT2D eigenvalue weighted by Gasteiger charge is 2.39. The third-order valence-electron chi connectivity index (χ3n) is 2.42. The van der Waals surface area contributed by atoms with Crippen LogP contribution in [0.2, 0.25) is 0 Å². The summed E-state index contributed by atoms with van der Waals surface area (Å²) >= 11 is 0. The van der Waals surface area contributed by atoms with Crippen LogP contribution in [0, 0.1) is 5.92 Å². The van der Waals surface area contributed by atoms with Crippen molar-refractivity contribution in [2.45, 2.75) is 38.0 Å². The van der Waals surface area contributed by atoms with Gasteiger partial charge in [0.15, 0.2) is 11.9 Å². The van der Waals surface area contributed by atoms with Crippen molar-refractivity contribution in [1.82, 2.24) is 10.1 Å². The summed E-state index contributed by atoms with van der Waals surface area (Å²) in [5.74, 6) is 0.797. The van der Waals surface area contributed by atoms with Gasteiger partial charge in [-0.15, -0.1) is 0 Å². The summed E-state index contributed by atoms with van der Waals surface area (Å²) < 4.78 is 40.7. The minimum atomic E-state index is -4.65. The standard InChI is InChI=1S/C9H11F3N2O2/c10-9(11,12)6(15)4-8-13-7(14-16-8)3-5-1-2-5/h5-6,15H,1-4H2. The summed E-state index contributed by atoms with van der Waals surface area (Å²) in [4.78, 5) is 3.81. The van der Waals surface area contributed by atoms with E-state index in [0.29, 0.717) is 18.2 Å². The minimum Gasteiger partial charge on any atom is -0.383 e. The van der Waals surface area contributed by atoms with E-state index in [-0.39, 0.29) is 5.89 Å². The molecule has 2 rings (SSSR count). The fourth-order valence-corrected chi connectivity index (χ4v) is 1.32. The van der Waals surface area contributed by atoms with E-state index in [1.54, 1.807) is 0 Å². The van der Waals surface area contributed by atoms with E-state index in [9.17, 15) is 13.2 Å². The van der Waals surface area contributed by atoms with Gasteiger partial charge in [0.2, 0.25) is 5.89 Å². The predicted molar refractivity (Wildman–Crippen MR) is 46.5 cm³/mol. The number of aliphatic hydroxyl groups excluding tert-OH is 1. The zero-order valence-electron chi connectivity index (χ0n) is 8.37. The van der Waals surface area contributed by atoms with E-state index in [4.69, 9.17) is 5.11 Å². The van der Waals surface area contributed by atoms with Crippen molar-refractivity contribution < 1.29 is 22.8 Å². The number of aromatic nitrogens is 2. The highest BCUT2D eigenvalue weighted by Crippen LogP contribution is 2.31. The average Bonchev–Trinajstić information content (AvgIpc) is 2.85. The Hall–Kier alpha value is -1.11. The van der Waals surface area contributed by atoms with Crippen LogP contribution in [0.5, 0.6) is 0 Å². The second kappa shape index (κ2) is 4.04. The molecule has 0 aromatic carbocycles. The molecule has 1 N–H and O–H groups in total. The van der Waals surface area contributed by atoms with Crippen LogP contribution in [-0.4, -0.2) is 27.5 Å². The zero-order valence-corrected chi connectivity index (χ0v) is 8.37. The Morgan fingerprint density at radius 2 is 2.12 bits per heavy atom. The van der Waals surface area contributed by atoms with Gasteiger partial charge in [-0.1, -0.05) is 5.16 Å². The molecule has 0 saturated heterocycles. The third kappa shape index (κ3) is 2.94. The van der Waals surface area contributed by atoms with Crippen molar-refractivity contribution >= 4 is 0 Å². The molecule has 4 nitrogen and oxygen atoms in total. The largest absolute Gasteiger partial charge is 0.414 e. The van der Waals surface area contributed by atoms with Gasteiger partial charge in [-0.05, 0) is 18.8 Å². The molecule has 1 fully saturated rings. The summed E-state index contributed by atoms with van der Waals surface area (Å²) in [6, 6.07) is 0. The van der Waals surface area contributed by atoms with Gasteiger partial charge in [0.1, 0.15) is 0 Å². The first-order valence-corrected chi connectivity index (χ1v) is 5.01.